The molecule has 0 amide bonds. The van der Waals surface area contributed by atoms with Gasteiger partial charge in [-0.2, -0.15) is 12.7 Å². The van der Waals surface area contributed by atoms with Crippen molar-refractivity contribution in [2.24, 2.45) is 0 Å². The number of alkyl halides is 1. The average molecular weight is 645 g/mol. The van der Waals surface area contributed by atoms with E-state index in [2.05, 4.69) is 10.3 Å². The van der Waals surface area contributed by atoms with Gasteiger partial charge in [0.2, 0.25) is 0 Å². The third-order valence-electron chi connectivity index (χ3n) is 7.90. The van der Waals surface area contributed by atoms with E-state index >= 15 is 0 Å². The molecule has 0 aliphatic carbocycles. The molecule has 0 saturated carbocycles. The third kappa shape index (κ3) is 6.52. The van der Waals surface area contributed by atoms with Gasteiger partial charge in [-0.15, -0.1) is 16.7 Å². The summed E-state index contributed by atoms with van der Waals surface area (Å²) in [5, 5.41) is 18.6. The molecule has 4 aromatic rings. The first kappa shape index (κ1) is 31.7. The minimum atomic E-state index is -4.24. The van der Waals surface area contributed by atoms with Crippen molar-refractivity contribution in [2.45, 2.75) is 65.6 Å². The number of fused-ring (bicyclic) bond motifs is 2. The Bertz CT molecular complexity index is 1810. The Kier molecular flexibility index (Phi) is 9.42. The Balaban J connectivity index is 1.50. The number of nitrogens with zero attached hydrogens (tertiary/aromatic N) is 4. The van der Waals surface area contributed by atoms with Crippen molar-refractivity contribution in [3.63, 3.8) is 0 Å². The van der Waals surface area contributed by atoms with E-state index in [0.29, 0.717) is 23.6 Å². The van der Waals surface area contributed by atoms with Crippen LogP contribution in [0.15, 0.2) is 42.5 Å². The largest absolute Gasteiger partial charge is 0.505 e. The number of hydrogen-bond acceptors (Lipinski definition) is 8. The van der Waals surface area contributed by atoms with Crippen molar-refractivity contribution in [3.8, 4) is 11.5 Å². The van der Waals surface area contributed by atoms with E-state index in [4.69, 9.17) is 20.5 Å². The van der Waals surface area contributed by atoms with Crippen LogP contribution in [0.4, 0.5) is 4.39 Å². The summed E-state index contributed by atoms with van der Waals surface area (Å²) in [6.45, 7) is 6.36. The number of carbonyl (C=O) groups excluding carboxylic acids is 1. The quantitative estimate of drug-likeness (QED) is 0.126. The van der Waals surface area contributed by atoms with Crippen LogP contribution in [-0.2, 0) is 39.5 Å². The first-order valence-corrected chi connectivity index (χ1v) is 16.3. The second-order valence-electron chi connectivity index (χ2n) is 10.8. The van der Waals surface area contributed by atoms with Gasteiger partial charge in [-0.3, -0.25) is 4.79 Å². The molecule has 2 heterocycles. The van der Waals surface area contributed by atoms with Crippen molar-refractivity contribution in [1.29, 1.82) is 0 Å². The lowest BCUT2D eigenvalue weighted by Crippen LogP contribution is -2.37. The summed E-state index contributed by atoms with van der Waals surface area (Å²) >= 11 is 5.84. The van der Waals surface area contributed by atoms with E-state index in [1.807, 2.05) is 48.9 Å². The van der Waals surface area contributed by atoms with E-state index < -0.39 is 27.8 Å². The van der Waals surface area contributed by atoms with Gasteiger partial charge >= 0.3 is 16.3 Å². The molecule has 1 aliphatic heterocycles. The monoisotopic (exact) mass is 644 g/mol. The highest BCUT2D eigenvalue weighted by atomic mass is 35.5. The van der Waals surface area contributed by atoms with E-state index in [0.717, 1.165) is 62.6 Å². The van der Waals surface area contributed by atoms with Crippen LogP contribution in [0.5, 0.6) is 11.5 Å². The maximum absolute atomic E-state index is 13.8. The molecule has 1 atom stereocenters. The van der Waals surface area contributed by atoms with Crippen molar-refractivity contribution in [3.05, 3.63) is 81.7 Å². The lowest BCUT2D eigenvalue weighted by atomic mass is 9.84. The number of benzene rings is 3. The number of halogens is 2. The average Bonchev–Trinajstić information content (AvgIpc) is 3.39. The van der Waals surface area contributed by atoms with E-state index in [9.17, 15) is 22.7 Å². The summed E-state index contributed by atoms with van der Waals surface area (Å²) in [6, 6.07) is 11.7. The number of aromatic hydroxyl groups is 1. The summed E-state index contributed by atoms with van der Waals surface area (Å²) < 4.78 is 53.3. The number of rotatable bonds is 11. The SMILES string of the molecule is CCOC(=O)CC(c1ccc(C)c(CN2Cc3cc(O)c(F)cc3OS2(=O)=O)c1)c1ccc2c(nnn2CCCCCl)c1C. The summed E-state index contributed by atoms with van der Waals surface area (Å²) in [6.07, 6.45) is 1.81. The number of phenolic OH excluding ortho intramolecular Hbond substituents is 1. The zero-order chi connectivity index (χ0) is 31.6. The van der Waals surface area contributed by atoms with Gasteiger partial charge in [0.15, 0.2) is 17.3 Å². The second kappa shape index (κ2) is 13.1. The van der Waals surface area contributed by atoms with Crippen LogP contribution in [0.2, 0.25) is 0 Å². The van der Waals surface area contributed by atoms with Crippen molar-refractivity contribution in [1.82, 2.24) is 19.3 Å². The molecule has 0 spiro atoms. The number of carbonyl (C=O) groups is 1. The maximum Gasteiger partial charge on any atom is 0.385 e. The number of hydrogen-bond donors (Lipinski definition) is 1. The van der Waals surface area contributed by atoms with Gasteiger partial charge in [0.1, 0.15) is 5.52 Å². The molecule has 0 fully saturated rings. The first-order chi connectivity index (χ1) is 21.0. The summed E-state index contributed by atoms with van der Waals surface area (Å²) in [7, 11) is -4.24. The fourth-order valence-corrected chi connectivity index (χ4v) is 6.77. The van der Waals surface area contributed by atoms with E-state index in [-0.39, 0.29) is 37.8 Å². The van der Waals surface area contributed by atoms with Crippen LogP contribution in [0.25, 0.3) is 11.0 Å². The van der Waals surface area contributed by atoms with Crippen LogP contribution >= 0.6 is 11.6 Å². The lowest BCUT2D eigenvalue weighted by molar-refractivity contribution is -0.143. The number of ether oxygens (including phenoxy) is 1. The summed E-state index contributed by atoms with van der Waals surface area (Å²) in [5.74, 6) is -1.90. The molecule has 1 aromatic heterocycles. The number of aromatic nitrogens is 3. The topological polar surface area (TPSA) is 124 Å². The molecule has 0 bridgehead atoms. The lowest BCUT2D eigenvalue weighted by Gasteiger charge is -2.29. The molecule has 0 radical (unpaired) electrons. The minimum absolute atomic E-state index is 0.0413. The zero-order valence-electron chi connectivity index (χ0n) is 24.7. The normalized spacial score (nSPS) is 15.1. The van der Waals surface area contributed by atoms with Crippen molar-refractivity contribution < 1.29 is 31.6 Å². The van der Waals surface area contributed by atoms with Gasteiger partial charge in [0.25, 0.3) is 0 Å². The van der Waals surface area contributed by atoms with E-state index in [1.165, 1.54) is 0 Å². The highest BCUT2D eigenvalue weighted by molar-refractivity contribution is 7.84. The summed E-state index contributed by atoms with van der Waals surface area (Å²) in [4.78, 5) is 12.8. The molecule has 5 rings (SSSR count). The molecule has 13 heteroatoms. The fourth-order valence-electron chi connectivity index (χ4n) is 5.50. The fraction of sp³-hybridized carbons (Fsp3) is 0.387. The molecule has 10 nitrogen and oxygen atoms in total. The number of esters is 1. The Morgan fingerprint density at radius 1 is 1.18 bits per heavy atom. The van der Waals surface area contributed by atoms with E-state index in [1.54, 1.807) is 6.92 Å². The Morgan fingerprint density at radius 2 is 1.98 bits per heavy atom. The molecular weight excluding hydrogens is 611 g/mol. The van der Waals surface area contributed by atoms with Crippen LogP contribution in [0.3, 0.4) is 0 Å². The predicted octanol–water partition coefficient (Wildman–Crippen LogP) is 5.64. The van der Waals surface area contributed by atoms with Crippen molar-refractivity contribution in [2.75, 3.05) is 12.5 Å². The Labute approximate surface area is 260 Å². The molecule has 1 aliphatic rings. The molecule has 44 heavy (non-hydrogen) atoms. The third-order valence-corrected chi connectivity index (χ3v) is 9.45. The van der Waals surface area contributed by atoms with Crippen LogP contribution < -0.4 is 4.18 Å². The Morgan fingerprint density at radius 3 is 2.73 bits per heavy atom. The summed E-state index contributed by atoms with van der Waals surface area (Å²) in [5.41, 5.74) is 6.07. The van der Waals surface area contributed by atoms with Gasteiger partial charge in [-0.05, 0) is 73.6 Å². The highest BCUT2D eigenvalue weighted by Gasteiger charge is 2.33. The minimum Gasteiger partial charge on any atom is -0.505 e. The standard InChI is InChI=1S/C31H34ClFN4O6S/c1-4-42-30(39)15-25(24-9-10-27-31(20(24)3)34-35-37(27)12-6-5-11-32)21-8-7-19(2)22(13-21)17-36-18-23-14-28(38)26(33)16-29(23)43-44(36,40)41/h7-10,13-14,16,25,38H,4-6,11-12,15,17-18H2,1-3H3. The zero-order valence-corrected chi connectivity index (χ0v) is 26.3. The Hall–Kier alpha value is -3.74. The van der Waals surface area contributed by atoms with Crippen LogP contribution in [0, 0.1) is 19.7 Å². The molecule has 0 saturated heterocycles. The van der Waals surface area contributed by atoms with Gasteiger partial charge in [-0.25, -0.2) is 9.07 Å². The molecule has 234 valence electrons. The molecular formula is C31H34ClFN4O6S. The highest BCUT2D eigenvalue weighted by Crippen LogP contribution is 2.37. The molecule has 1 unspecified atom stereocenters. The number of aryl methyl sites for hydroxylation is 3. The van der Waals surface area contributed by atoms with Gasteiger partial charge < -0.3 is 14.0 Å². The molecule has 3 aromatic carbocycles. The number of phenols is 1. The predicted molar refractivity (Wildman–Crippen MR) is 163 cm³/mol. The second-order valence-corrected chi connectivity index (χ2v) is 12.7. The van der Waals surface area contributed by atoms with Gasteiger partial charge in [0.05, 0.1) is 18.5 Å². The smallest absolute Gasteiger partial charge is 0.385 e. The number of unbranched alkanes of at least 4 members (excludes halogenated alkanes) is 1. The van der Waals surface area contributed by atoms with Gasteiger partial charge in [-0.1, -0.05) is 29.5 Å². The van der Waals surface area contributed by atoms with Crippen molar-refractivity contribution >= 4 is 38.9 Å². The first-order valence-electron chi connectivity index (χ1n) is 14.4. The van der Waals surface area contributed by atoms with Gasteiger partial charge in [0, 0.05) is 43.1 Å². The molecule has 1 N–H and O–H groups in total. The maximum atomic E-state index is 13.8. The van der Waals surface area contributed by atoms with Crippen LogP contribution in [0.1, 0.15) is 65.5 Å². The van der Waals surface area contributed by atoms with Crippen LogP contribution in [-0.4, -0.2) is 51.3 Å².